The second kappa shape index (κ2) is 10.4. The lowest BCUT2D eigenvalue weighted by Crippen LogP contribution is -2.30. The van der Waals surface area contributed by atoms with Gasteiger partial charge in [-0.15, -0.1) is 0 Å². The summed E-state index contributed by atoms with van der Waals surface area (Å²) in [4.78, 5) is 27.3. The summed E-state index contributed by atoms with van der Waals surface area (Å²) in [5.74, 6) is -0.627. The minimum atomic E-state index is -1.01. The molecule has 0 spiro atoms. The first-order chi connectivity index (χ1) is 12.1. The molecular weight excluding hydrogens is 338 g/mol. The molecule has 0 fully saturated rings. The second-order valence-electron chi connectivity index (χ2n) is 7.75. The number of Topliss-reactive ketones (excluding diaryl/α,β-unsaturated/α-hetero) is 1. The van der Waals surface area contributed by atoms with Gasteiger partial charge in [-0.05, 0) is 17.8 Å². The van der Waals surface area contributed by atoms with Gasteiger partial charge in [0.2, 0.25) is 0 Å². The molecule has 0 atom stereocenters. The Morgan fingerprint density at radius 3 is 2.42 bits per heavy atom. The fraction of sp³-hybridized carbons (Fsp3) is 0.737. The van der Waals surface area contributed by atoms with Crippen LogP contribution in [0.15, 0.2) is 16.3 Å². The van der Waals surface area contributed by atoms with Crippen LogP contribution in [0.1, 0.15) is 47.0 Å². The first-order valence-electron chi connectivity index (χ1n) is 8.98. The summed E-state index contributed by atoms with van der Waals surface area (Å²) in [6.45, 7) is 8.88. The van der Waals surface area contributed by atoms with Gasteiger partial charge < -0.3 is 19.7 Å². The first kappa shape index (κ1) is 22.3. The van der Waals surface area contributed by atoms with Crippen LogP contribution in [0.2, 0.25) is 0 Å². The highest BCUT2D eigenvalue weighted by molar-refractivity contribution is 6.23. The summed E-state index contributed by atoms with van der Waals surface area (Å²) in [5.41, 5.74) is 0.790. The molecule has 0 bridgehead atoms. The molecule has 2 N–H and O–H groups in total. The van der Waals surface area contributed by atoms with Gasteiger partial charge in [0.25, 0.3) is 0 Å². The van der Waals surface area contributed by atoms with Crippen molar-refractivity contribution < 1.29 is 29.3 Å². The number of aliphatic hydroxyl groups excluding tert-OH is 1. The number of allylic oxidation sites excluding steroid dienone is 2. The molecule has 0 unspecified atom stereocenters. The Morgan fingerprint density at radius 2 is 1.85 bits per heavy atom. The van der Waals surface area contributed by atoms with Crippen LogP contribution >= 0.6 is 0 Å². The van der Waals surface area contributed by atoms with Gasteiger partial charge in [0.15, 0.2) is 5.78 Å². The number of rotatable bonds is 11. The van der Waals surface area contributed by atoms with Gasteiger partial charge in [0.1, 0.15) is 12.4 Å². The molecule has 0 aromatic rings. The van der Waals surface area contributed by atoms with Gasteiger partial charge in [-0.2, -0.15) is 0 Å². The van der Waals surface area contributed by atoms with E-state index in [-0.39, 0.29) is 36.8 Å². The minimum absolute atomic E-state index is 0.0545. The summed E-state index contributed by atoms with van der Waals surface area (Å²) in [5, 5.41) is 18.8. The zero-order valence-electron chi connectivity index (χ0n) is 16.2. The van der Waals surface area contributed by atoms with Crippen molar-refractivity contribution in [1.82, 2.24) is 0 Å². The number of hydrogen-bond donors (Lipinski definition) is 2. The molecule has 0 aromatic heterocycles. The molecule has 7 nitrogen and oxygen atoms in total. The Kier molecular flexibility index (Phi) is 8.95. The number of carboxylic acid groups (broad SMARTS) is 1. The van der Waals surface area contributed by atoms with Crippen LogP contribution in [0.4, 0.5) is 0 Å². The number of carbonyl (C=O) groups excluding carboxylic acids is 1. The maximum atomic E-state index is 12.5. The molecule has 7 heteroatoms. The summed E-state index contributed by atoms with van der Waals surface area (Å²) in [6.07, 6.45) is 1.50. The van der Waals surface area contributed by atoms with Gasteiger partial charge in [0, 0.05) is 18.6 Å². The molecule has 0 radical (unpaired) electrons. The quantitative estimate of drug-likeness (QED) is 0.428. The highest BCUT2D eigenvalue weighted by Crippen LogP contribution is 2.36. The molecule has 1 aliphatic rings. The number of carboxylic acids is 1. The fourth-order valence-electron chi connectivity index (χ4n) is 2.87. The van der Waals surface area contributed by atoms with Crippen molar-refractivity contribution in [1.29, 1.82) is 0 Å². The minimum Gasteiger partial charge on any atom is -0.511 e. The Hall–Kier alpha value is -1.73. The van der Waals surface area contributed by atoms with E-state index in [4.69, 9.17) is 14.6 Å². The van der Waals surface area contributed by atoms with E-state index in [0.29, 0.717) is 49.6 Å². The van der Waals surface area contributed by atoms with Crippen LogP contribution in [0.5, 0.6) is 0 Å². The van der Waals surface area contributed by atoms with Crippen molar-refractivity contribution >= 4 is 17.5 Å². The second-order valence-corrected chi connectivity index (χ2v) is 7.75. The third-order valence-corrected chi connectivity index (χ3v) is 3.88. The van der Waals surface area contributed by atoms with Crippen molar-refractivity contribution in [3.05, 3.63) is 11.3 Å². The Balaban J connectivity index is 2.62. The van der Waals surface area contributed by atoms with E-state index in [1.54, 1.807) is 0 Å². The number of nitrogens with zero attached hydrogens (tertiary/aromatic N) is 1. The summed E-state index contributed by atoms with van der Waals surface area (Å²) < 4.78 is 10.2. The van der Waals surface area contributed by atoms with Gasteiger partial charge in [-0.3, -0.25) is 9.79 Å². The lowest BCUT2D eigenvalue weighted by atomic mass is 9.75. The highest BCUT2D eigenvalue weighted by Gasteiger charge is 2.35. The van der Waals surface area contributed by atoms with Crippen LogP contribution in [0, 0.1) is 11.3 Å². The number of ether oxygens (including phenoxy) is 2. The van der Waals surface area contributed by atoms with Crippen molar-refractivity contribution in [2.24, 2.45) is 16.3 Å². The summed E-state index contributed by atoms with van der Waals surface area (Å²) >= 11 is 0. The van der Waals surface area contributed by atoms with E-state index in [2.05, 4.69) is 4.99 Å². The molecule has 0 saturated carbocycles. The number of aliphatic imine (C=N–C) groups is 1. The molecule has 0 saturated heterocycles. The number of carbonyl (C=O) groups is 2. The average Bonchev–Trinajstić information content (AvgIpc) is 2.46. The predicted octanol–water partition coefficient (Wildman–Crippen LogP) is 2.79. The smallest absolute Gasteiger partial charge is 0.329 e. The number of aliphatic hydroxyl groups is 1. The monoisotopic (exact) mass is 369 g/mol. The molecule has 1 aliphatic carbocycles. The van der Waals surface area contributed by atoms with Crippen LogP contribution < -0.4 is 0 Å². The Bertz CT molecular complexity index is 562. The van der Waals surface area contributed by atoms with Crippen LogP contribution in [0.3, 0.4) is 0 Å². The molecule has 26 heavy (non-hydrogen) atoms. The van der Waals surface area contributed by atoms with Gasteiger partial charge in [0.05, 0.1) is 31.9 Å². The molecule has 0 amide bonds. The normalized spacial score (nSPS) is 17.9. The third-order valence-electron chi connectivity index (χ3n) is 3.88. The molecule has 148 valence electrons. The number of hydrogen-bond acceptors (Lipinski definition) is 6. The van der Waals surface area contributed by atoms with Gasteiger partial charge >= 0.3 is 5.97 Å². The van der Waals surface area contributed by atoms with Crippen LogP contribution in [-0.2, 0) is 19.1 Å². The maximum Gasteiger partial charge on any atom is 0.329 e. The first-order valence-corrected chi connectivity index (χ1v) is 8.98. The van der Waals surface area contributed by atoms with E-state index in [1.807, 2.05) is 27.7 Å². The predicted molar refractivity (Wildman–Crippen MR) is 98.7 cm³/mol. The summed E-state index contributed by atoms with van der Waals surface area (Å²) in [6, 6.07) is 0. The van der Waals surface area contributed by atoms with Crippen molar-refractivity contribution in [2.45, 2.75) is 47.0 Å². The van der Waals surface area contributed by atoms with Crippen LogP contribution in [-0.4, -0.2) is 60.6 Å². The third kappa shape index (κ3) is 8.10. The topological polar surface area (TPSA) is 105 Å². The van der Waals surface area contributed by atoms with E-state index in [1.165, 1.54) is 0 Å². The Labute approximate surface area is 155 Å². The van der Waals surface area contributed by atoms with Gasteiger partial charge in [-0.25, -0.2) is 4.79 Å². The highest BCUT2D eigenvalue weighted by atomic mass is 16.5. The maximum absolute atomic E-state index is 12.5. The molecule has 0 heterocycles. The molecule has 0 aliphatic heterocycles. The van der Waals surface area contributed by atoms with Gasteiger partial charge in [-0.1, -0.05) is 27.7 Å². The lowest BCUT2D eigenvalue weighted by Gasteiger charge is -2.30. The molecular formula is C19H31NO6. The van der Waals surface area contributed by atoms with E-state index >= 15 is 0 Å². The SMILES string of the molecule is CC(C)CC(=NCCOCCOCC(=O)O)C1=C(O)CC(C)(C)CC1=O. The Morgan fingerprint density at radius 1 is 1.19 bits per heavy atom. The van der Waals surface area contributed by atoms with Crippen molar-refractivity contribution in [2.75, 3.05) is 33.0 Å². The average molecular weight is 369 g/mol. The lowest BCUT2D eigenvalue weighted by molar-refractivity contribution is -0.142. The summed E-state index contributed by atoms with van der Waals surface area (Å²) in [7, 11) is 0. The van der Waals surface area contributed by atoms with Crippen LogP contribution in [0.25, 0.3) is 0 Å². The van der Waals surface area contributed by atoms with Crippen molar-refractivity contribution in [3.63, 3.8) is 0 Å². The number of aliphatic carboxylic acids is 1. The van der Waals surface area contributed by atoms with E-state index < -0.39 is 5.97 Å². The fourth-order valence-corrected chi connectivity index (χ4v) is 2.87. The molecule has 1 rings (SSSR count). The molecule has 0 aromatic carbocycles. The zero-order valence-corrected chi connectivity index (χ0v) is 16.2. The standard InChI is InChI=1S/C19H31NO6/c1-13(2)9-14(18-15(21)10-19(3,4)11-16(18)22)20-5-6-25-7-8-26-12-17(23)24/h13,21H,5-12H2,1-4H3,(H,23,24). The number of ketones is 1. The van der Waals surface area contributed by atoms with E-state index in [9.17, 15) is 14.7 Å². The van der Waals surface area contributed by atoms with E-state index in [0.717, 1.165) is 0 Å². The zero-order chi connectivity index (χ0) is 19.7. The largest absolute Gasteiger partial charge is 0.511 e. The van der Waals surface area contributed by atoms with Crippen molar-refractivity contribution in [3.8, 4) is 0 Å².